The molecule has 10 heteroatoms. The molecule has 0 saturated carbocycles. The average Bonchev–Trinajstić information content (AvgIpc) is 2.96. The average molecular weight is 503 g/mol. The normalized spacial score (nSPS) is 11.1. The predicted molar refractivity (Wildman–Crippen MR) is 145 cm³/mol. The molecule has 0 saturated heterocycles. The second-order valence-corrected chi connectivity index (χ2v) is 8.11. The summed E-state index contributed by atoms with van der Waals surface area (Å²) in [6.07, 6.45) is 0. The fourth-order valence-electron chi connectivity index (χ4n) is 3.98. The van der Waals surface area contributed by atoms with Gasteiger partial charge in [-0.1, -0.05) is 24.3 Å². The number of anilines is 1. The third-order valence-electron chi connectivity index (χ3n) is 5.93. The molecular formula is C28H22N8O2. The van der Waals surface area contributed by atoms with Gasteiger partial charge in [0.1, 0.15) is 17.8 Å². The van der Waals surface area contributed by atoms with Crippen molar-refractivity contribution in [2.75, 3.05) is 18.0 Å². The number of nitro groups is 1. The molecule has 38 heavy (non-hydrogen) atoms. The molecule has 0 aliphatic rings. The van der Waals surface area contributed by atoms with Gasteiger partial charge in [0.25, 0.3) is 5.69 Å². The lowest BCUT2D eigenvalue weighted by Crippen LogP contribution is -2.21. The highest BCUT2D eigenvalue weighted by molar-refractivity contribution is 5.99. The van der Waals surface area contributed by atoms with Crippen LogP contribution in [-0.4, -0.2) is 18.0 Å². The quantitative estimate of drug-likeness (QED) is 0.135. The van der Waals surface area contributed by atoms with E-state index in [0.29, 0.717) is 11.4 Å². The molecule has 0 amide bonds. The number of hydrogen-bond acceptors (Lipinski definition) is 9. The SMILES string of the molecule is CCN(CC)c1ccc(N=Nc2ccc(N=Nc3c(C#N)cc([N+](=O)[O-])cc3C#N)c3ccccc23)cc1. The van der Waals surface area contributed by atoms with Crippen molar-refractivity contribution < 1.29 is 4.92 Å². The van der Waals surface area contributed by atoms with E-state index in [1.165, 1.54) is 0 Å². The van der Waals surface area contributed by atoms with Crippen LogP contribution >= 0.6 is 0 Å². The van der Waals surface area contributed by atoms with Crippen molar-refractivity contribution in [2.24, 2.45) is 20.5 Å². The first kappa shape index (κ1) is 25.6. The molecule has 0 radical (unpaired) electrons. The Hall–Kier alpha value is -5.48. The van der Waals surface area contributed by atoms with Gasteiger partial charge in [-0.25, -0.2) is 0 Å². The second kappa shape index (κ2) is 11.5. The van der Waals surface area contributed by atoms with E-state index in [0.717, 1.165) is 47.4 Å². The maximum atomic E-state index is 11.1. The Kier molecular flexibility index (Phi) is 7.75. The fourth-order valence-corrected chi connectivity index (χ4v) is 3.98. The minimum Gasteiger partial charge on any atom is -0.372 e. The molecule has 10 nitrogen and oxygen atoms in total. The van der Waals surface area contributed by atoms with Crippen LogP contribution in [0.4, 0.5) is 34.1 Å². The predicted octanol–water partition coefficient (Wildman–Crippen LogP) is 8.17. The summed E-state index contributed by atoms with van der Waals surface area (Å²) in [7, 11) is 0. The lowest BCUT2D eigenvalue weighted by Gasteiger charge is -2.20. The Morgan fingerprint density at radius 2 is 1.32 bits per heavy atom. The van der Waals surface area contributed by atoms with Gasteiger partial charge < -0.3 is 4.90 Å². The lowest BCUT2D eigenvalue weighted by atomic mass is 10.1. The van der Waals surface area contributed by atoms with Crippen molar-refractivity contribution in [3.05, 3.63) is 94.0 Å². The van der Waals surface area contributed by atoms with E-state index in [2.05, 4.69) is 39.2 Å². The summed E-state index contributed by atoms with van der Waals surface area (Å²) in [5, 5.41) is 48.8. The Bertz CT molecular complexity index is 1610. The van der Waals surface area contributed by atoms with Crippen LogP contribution in [0.5, 0.6) is 0 Å². The smallest absolute Gasteiger partial charge is 0.272 e. The topological polar surface area (TPSA) is 143 Å². The zero-order valence-corrected chi connectivity index (χ0v) is 20.7. The zero-order valence-electron chi connectivity index (χ0n) is 20.7. The molecule has 0 aliphatic heterocycles. The summed E-state index contributed by atoms with van der Waals surface area (Å²) in [5.41, 5.74) is 2.36. The van der Waals surface area contributed by atoms with Crippen LogP contribution < -0.4 is 4.90 Å². The van der Waals surface area contributed by atoms with Crippen molar-refractivity contribution >= 4 is 44.9 Å². The van der Waals surface area contributed by atoms with Gasteiger partial charge in [0.15, 0.2) is 0 Å². The molecule has 0 N–H and O–H groups in total. The van der Waals surface area contributed by atoms with E-state index >= 15 is 0 Å². The maximum Gasteiger partial charge on any atom is 0.272 e. The number of non-ortho nitro benzene ring substituents is 1. The van der Waals surface area contributed by atoms with Crippen LogP contribution in [0, 0.1) is 32.8 Å². The summed E-state index contributed by atoms with van der Waals surface area (Å²) in [6.45, 7) is 6.07. The molecule has 4 rings (SSSR count). The van der Waals surface area contributed by atoms with E-state index < -0.39 is 4.92 Å². The molecule has 4 aromatic carbocycles. The number of nitro benzene ring substituents is 1. The molecule has 0 unspecified atom stereocenters. The van der Waals surface area contributed by atoms with Gasteiger partial charge >= 0.3 is 0 Å². The van der Waals surface area contributed by atoms with Gasteiger partial charge in [-0.2, -0.15) is 15.6 Å². The molecule has 0 fully saturated rings. The van der Waals surface area contributed by atoms with Crippen LogP contribution in [0.25, 0.3) is 10.8 Å². The van der Waals surface area contributed by atoms with Gasteiger partial charge in [-0.3, -0.25) is 10.1 Å². The number of benzene rings is 4. The van der Waals surface area contributed by atoms with Crippen molar-refractivity contribution in [1.82, 2.24) is 0 Å². The van der Waals surface area contributed by atoms with Gasteiger partial charge in [0, 0.05) is 41.7 Å². The maximum absolute atomic E-state index is 11.1. The molecule has 0 atom stereocenters. The highest BCUT2D eigenvalue weighted by Gasteiger charge is 2.17. The van der Waals surface area contributed by atoms with Crippen molar-refractivity contribution in [2.45, 2.75) is 13.8 Å². The Labute approximate surface area is 219 Å². The Morgan fingerprint density at radius 1 is 0.789 bits per heavy atom. The first-order chi connectivity index (χ1) is 18.5. The van der Waals surface area contributed by atoms with E-state index in [4.69, 9.17) is 0 Å². The van der Waals surface area contributed by atoms with E-state index in [1.54, 1.807) is 12.1 Å². The number of hydrogen-bond donors (Lipinski definition) is 0. The van der Waals surface area contributed by atoms with Crippen LogP contribution in [0.15, 0.2) is 93.3 Å². The molecular weight excluding hydrogens is 480 g/mol. The zero-order chi connectivity index (χ0) is 27.1. The van der Waals surface area contributed by atoms with Gasteiger partial charge in [-0.05, 0) is 50.2 Å². The lowest BCUT2D eigenvalue weighted by molar-refractivity contribution is -0.384. The number of azo groups is 2. The van der Waals surface area contributed by atoms with Crippen LogP contribution in [0.1, 0.15) is 25.0 Å². The van der Waals surface area contributed by atoms with Crippen LogP contribution in [-0.2, 0) is 0 Å². The Morgan fingerprint density at radius 3 is 1.79 bits per heavy atom. The molecule has 0 aliphatic carbocycles. The fraction of sp³-hybridized carbons (Fsp3) is 0.143. The highest BCUT2D eigenvalue weighted by atomic mass is 16.6. The van der Waals surface area contributed by atoms with E-state index in [1.807, 2.05) is 60.7 Å². The van der Waals surface area contributed by atoms with Crippen LogP contribution in [0.2, 0.25) is 0 Å². The largest absolute Gasteiger partial charge is 0.372 e. The monoisotopic (exact) mass is 502 g/mol. The molecule has 0 heterocycles. The van der Waals surface area contributed by atoms with E-state index in [9.17, 15) is 20.6 Å². The van der Waals surface area contributed by atoms with Gasteiger partial charge in [0.2, 0.25) is 0 Å². The number of nitrogens with zero attached hydrogens (tertiary/aromatic N) is 8. The molecule has 0 aromatic heterocycles. The first-order valence-electron chi connectivity index (χ1n) is 11.8. The van der Waals surface area contributed by atoms with Crippen molar-refractivity contribution in [3.8, 4) is 12.1 Å². The summed E-state index contributed by atoms with van der Waals surface area (Å²) in [4.78, 5) is 12.7. The molecule has 0 spiro atoms. The highest BCUT2D eigenvalue weighted by Crippen LogP contribution is 2.36. The summed E-state index contributed by atoms with van der Waals surface area (Å²) in [6, 6.07) is 24.7. The van der Waals surface area contributed by atoms with Crippen LogP contribution in [0.3, 0.4) is 0 Å². The number of rotatable bonds is 8. The minimum atomic E-state index is -0.664. The second-order valence-electron chi connectivity index (χ2n) is 8.11. The van der Waals surface area contributed by atoms with E-state index in [-0.39, 0.29) is 22.5 Å². The molecule has 186 valence electrons. The van der Waals surface area contributed by atoms with Gasteiger partial charge in [-0.15, -0.1) is 15.3 Å². The minimum absolute atomic E-state index is 0.0263. The standard InChI is InChI=1S/C28H22N8O2/c1-3-35(4-2)22-11-9-21(10-12-22)31-32-26-13-14-27(25-8-6-5-7-24(25)26)33-34-28-19(17-29)15-23(36(37)38)16-20(28)18-30/h5-16H,3-4H2,1-2H3. The Balaban J connectivity index is 1.68. The summed E-state index contributed by atoms with van der Waals surface area (Å²) >= 11 is 0. The number of fused-ring (bicyclic) bond motifs is 1. The van der Waals surface area contributed by atoms with Crippen molar-refractivity contribution in [1.29, 1.82) is 10.5 Å². The molecule has 4 aromatic rings. The number of nitriles is 2. The molecule has 0 bridgehead atoms. The third kappa shape index (κ3) is 5.35. The first-order valence-corrected chi connectivity index (χ1v) is 11.8. The van der Waals surface area contributed by atoms with Gasteiger partial charge in [0.05, 0.1) is 33.1 Å². The summed E-state index contributed by atoms with van der Waals surface area (Å²) < 4.78 is 0. The van der Waals surface area contributed by atoms with Crippen molar-refractivity contribution in [3.63, 3.8) is 0 Å². The third-order valence-corrected chi connectivity index (χ3v) is 5.93. The summed E-state index contributed by atoms with van der Waals surface area (Å²) in [5.74, 6) is 0.